The maximum absolute atomic E-state index is 13.4. The number of carbonyl (C=O) groups excluding carboxylic acids is 4. The van der Waals surface area contributed by atoms with Gasteiger partial charge in [0.05, 0.1) is 6.04 Å². The third-order valence-electron chi connectivity index (χ3n) is 8.05. The molecule has 3 aliphatic rings. The monoisotopic (exact) mass is 574 g/mol. The zero-order valence-corrected chi connectivity index (χ0v) is 24.3. The van der Waals surface area contributed by atoms with Crippen molar-refractivity contribution in [1.82, 2.24) is 21.3 Å². The van der Waals surface area contributed by atoms with E-state index in [0.717, 1.165) is 63.6 Å². The lowest BCUT2D eigenvalue weighted by atomic mass is 9.95. The first-order valence-electron chi connectivity index (χ1n) is 14.7. The standard InChI is InChI=1S/C30H43ClN4O5/c1-18(2)13-25(35-30(39)40-26-8-4-6-21(26)14-19-5-3-7-22(31)15-19)28(37)34-24(16-20-11-12-32-17-20)27(36)29(38)33-23-9-10-23/h3,5,7,15,18,20-21,23-26,32H,4,6,8-14,16-17H2,1-2H3,(H,33,38)(H,34,37)(H,35,39)/t20-,21?,24+,25+,26?/m1/s1. The number of carbonyl (C=O) groups is 4. The topological polar surface area (TPSA) is 126 Å². The van der Waals surface area contributed by atoms with Crippen LogP contribution in [0.15, 0.2) is 24.3 Å². The molecular formula is C30H43ClN4O5. The molecule has 2 saturated carbocycles. The molecule has 3 fully saturated rings. The Morgan fingerprint density at radius 2 is 1.85 bits per heavy atom. The molecule has 1 aromatic carbocycles. The van der Waals surface area contributed by atoms with Gasteiger partial charge in [-0.2, -0.15) is 0 Å². The Labute approximate surface area is 241 Å². The number of ether oxygens (including phenoxy) is 1. The fourth-order valence-electron chi connectivity index (χ4n) is 5.77. The molecule has 2 unspecified atom stereocenters. The molecule has 1 heterocycles. The van der Waals surface area contributed by atoms with E-state index in [1.165, 1.54) is 0 Å². The second kappa shape index (κ2) is 14.3. The van der Waals surface area contributed by atoms with Gasteiger partial charge >= 0.3 is 6.09 Å². The lowest BCUT2D eigenvalue weighted by molar-refractivity contribution is -0.140. The predicted octanol–water partition coefficient (Wildman–Crippen LogP) is 3.52. The van der Waals surface area contributed by atoms with E-state index in [9.17, 15) is 19.2 Å². The molecule has 9 nitrogen and oxygen atoms in total. The average molecular weight is 575 g/mol. The summed E-state index contributed by atoms with van der Waals surface area (Å²) in [5, 5.41) is 12.3. The van der Waals surface area contributed by atoms with Crippen molar-refractivity contribution < 1.29 is 23.9 Å². The van der Waals surface area contributed by atoms with Crippen LogP contribution in [0.4, 0.5) is 4.79 Å². The number of halogens is 1. The molecule has 10 heteroatoms. The molecule has 2 aliphatic carbocycles. The summed E-state index contributed by atoms with van der Waals surface area (Å²) in [5.41, 5.74) is 1.10. The number of benzene rings is 1. The molecule has 1 aromatic rings. The van der Waals surface area contributed by atoms with Crippen molar-refractivity contribution in [2.45, 2.75) is 95.9 Å². The summed E-state index contributed by atoms with van der Waals surface area (Å²) in [6, 6.07) is 5.93. The Morgan fingerprint density at radius 3 is 2.52 bits per heavy atom. The molecule has 1 saturated heterocycles. The first-order valence-corrected chi connectivity index (χ1v) is 15.1. The lowest BCUT2D eigenvalue weighted by Crippen LogP contribution is -2.55. The van der Waals surface area contributed by atoms with E-state index in [4.69, 9.17) is 16.3 Å². The molecule has 4 rings (SSSR count). The van der Waals surface area contributed by atoms with Gasteiger partial charge in [-0.3, -0.25) is 14.4 Å². The molecule has 40 heavy (non-hydrogen) atoms. The molecule has 1 aliphatic heterocycles. The fourth-order valence-corrected chi connectivity index (χ4v) is 5.98. The summed E-state index contributed by atoms with van der Waals surface area (Å²) < 4.78 is 5.84. The third kappa shape index (κ3) is 9.20. The SMILES string of the molecule is CC(C)C[C@H](NC(=O)OC1CCCC1Cc1cccc(Cl)c1)C(=O)N[C@@H](C[C@H]1CCNC1)C(=O)C(=O)NC1CC1. The minimum atomic E-state index is -0.944. The molecule has 5 atom stereocenters. The minimum absolute atomic E-state index is 0.0457. The predicted molar refractivity (Wildman–Crippen MR) is 153 cm³/mol. The molecule has 3 amide bonds. The fraction of sp³-hybridized carbons (Fsp3) is 0.667. The smallest absolute Gasteiger partial charge is 0.408 e. The van der Waals surface area contributed by atoms with Crippen LogP contribution in [0.3, 0.4) is 0 Å². The Bertz CT molecular complexity index is 1060. The summed E-state index contributed by atoms with van der Waals surface area (Å²) in [6.07, 6.45) is 5.90. The van der Waals surface area contributed by atoms with E-state index >= 15 is 0 Å². The van der Waals surface area contributed by atoms with Gasteiger partial charge in [0.25, 0.3) is 5.91 Å². The maximum Gasteiger partial charge on any atom is 0.408 e. The quantitative estimate of drug-likeness (QED) is 0.267. The molecule has 0 spiro atoms. The van der Waals surface area contributed by atoms with Crippen LogP contribution in [-0.2, 0) is 25.5 Å². The summed E-state index contributed by atoms with van der Waals surface area (Å²) >= 11 is 6.14. The highest BCUT2D eigenvalue weighted by atomic mass is 35.5. The Morgan fingerprint density at radius 1 is 1.05 bits per heavy atom. The number of amides is 3. The van der Waals surface area contributed by atoms with Crippen molar-refractivity contribution in [3.63, 3.8) is 0 Å². The van der Waals surface area contributed by atoms with E-state index in [0.29, 0.717) is 17.9 Å². The zero-order chi connectivity index (χ0) is 28.6. The van der Waals surface area contributed by atoms with Gasteiger partial charge in [0.2, 0.25) is 11.7 Å². The number of hydrogen-bond donors (Lipinski definition) is 4. The van der Waals surface area contributed by atoms with Crippen molar-refractivity contribution in [1.29, 1.82) is 0 Å². The third-order valence-corrected chi connectivity index (χ3v) is 8.29. The van der Waals surface area contributed by atoms with Crippen LogP contribution in [0, 0.1) is 17.8 Å². The molecule has 0 aromatic heterocycles. The van der Waals surface area contributed by atoms with Gasteiger partial charge in [-0.1, -0.05) is 37.6 Å². The van der Waals surface area contributed by atoms with E-state index < -0.39 is 35.8 Å². The van der Waals surface area contributed by atoms with Gasteiger partial charge in [-0.15, -0.1) is 0 Å². The van der Waals surface area contributed by atoms with E-state index in [1.54, 1.807) is 0 Å². The van der Waals surface area contributed by atoms with Crippen LogP contribution in [0.5, 0.6) is 0 Å². The van der Waals surface area contributed by atoms with Gasteiger partial charge < -0.3 is 26.0 Å². The van der Waals surface area contributed by atoms with E-state index in [2.05, 4.69) is 21.3 Å². The van der Waals surface area contributed by atoms with Crippen molar-refractivity contribution in [3.05, 3.63) is 34.9 Å². The number of alkyl carbamates (subject to hydrolysis) is 1. The first-order chi connectivity index (χ1) is 19.2. The number of rotatable bonds is 13. The number of hydrogen-bond acceptors (Lipinski definition) is 6. The Kier molecular flexibility index (Phi) is 10.8. The normalized spacial score (nSPS) is 23.9. The van der Waals surface area contributed by atoms with Crippen molar-refractivity contribution in [3.8, 4) is 0 Å². The number of ketones is 1. The van der Waals surface area contributed by atoms with Crippen LogP contribution in [0.2, 0.25) is 5.02 Å². The highest BCUT2D eigenvalue weighted by molar-refractivity contribution is 6.38. The van der Waals surface area contributed by atoms with Gasteiger partial charge in [0.1, 0.15) is 12.1 Å². The molecule has 4 N–H and O–H groups in total. The highest BCUT2D eigenvalue weighted by Crippen LogP contribution is 2.32. The minimum Gasteiger partial charge on any atom is -0.446 e. The van der Waals surface area contributed by atoms with Crippen molar-refractivity contribution >= 4 is 35.3 Å². The van der Waals surface area contributed by atoms with Crippen LogP contribution < -0.4 is 21.3 Å². The van der Waals surface area contributed by atoms with Gasteiger partial charge in [0.15, 0.2) is 0 Å². The lowest BCUT2D eigenvalue weighted by Gasteiger charge is -2.26. The van der Waals surface area contributed by atoms with Crippen molar-refractivity contribution in [2.75, 3.05) is 13.1 Å². The summed E-state index contributed by atoms with van der Waals surface area (Å²) in [6.45, 7) is 5.50. The summed E-state index contributed by atoms with van der Waals surface area (Å²) in [7, 11) is 0. The number of Topliss-reactive ketones (excluding diaryl/α,β-unsaturated/α-hetero) is 1. The summed E-state index contributed by atoms with van der Waals surface area (Å²) in [5.74, 6) is -1.30. The Balaban J connectivity index is 1.37. The van der Waals surface area contributed by atoms with Crippen LogP contribution in [0.1, 0.15) is 70.8 Å². The van der Waals surface area contributed by atoms with E-state index in [1.807, 2.05) is 38.1 Å². The second-order valence-corrected chi connectivity index (χ2v) is 12.5. The highest BCUT2D eigenvalue weighted by Gasteiger charge is 2.36. The van der Waals surface area contributed by atoms with Crippen LogP contribution in [0.25, 0.3) is 0 Å². The average Bonchev–Trinajstić information content (AvgIpc) is 3.36. The maximum atomic E-state index is 13.4. The molecule has 220 valence electrons. The largest absolute Gasteiger partial charge is 0.446 e. The zero-order valence-electron chi connectivity index (χ0n) is 23.5. The molecule has 0 radical (unpaired) electrons. The van der Waals surface area contributed by atoms with Gasteiger partial charge in [0, 0.05) is 17.0 Å². The first kappa shape index (κ1) is 30.3. The van der Waals surface area contributed by atoms with Crippen molar-refractivity contribution in [2.24, 2.45) is 17.8 Å². The number of nitrogens with one attached hydrogen (secondary N) is 4. The molecule has 0 bridgehead atoms. The Hall–Kier alpha value is -2.65. The van der Waals surface area contributed by atoms with Gasteiger partial charge in [-0.25, -0.2) is 4.79 Å². The van der Waals surface area contributed by atoms with Gasteiger partial charge in [-0.05, 0) is 100 Å². The van der Waals surface area contributed by atoms with Crippen LogP contribution >= 0.6 is 11.6 Å². The van der Waals surface area contributed by atoms with E-state index in [-0.39, 0.29) is 29.9 Å². The second-order valence-electron chi connectivity index (χ2n) is 12.1. The molecular weight excluding hydrogens is 532 g/mol. The van der Waals surface area contributed by atoms with Crippen LogP contribution in [-0.4, -0.2) is 61.0 Å². The summed E-state index contributed by atoms with van der Waals surface area (Å²) in [4.78, 5) is 52.1.